The van der Waals surface area contributed by atoms with Gasteiger partial charge >= 0.3 is 0 Å². The van der Waals surface area contributed by atoms with Gasteiger partial charge < -0.3 is 14.8 Å². The van der Waals surface area contributed by atoms with Crippen LogP contribution in [0.4, 0.5) is 0 Å². The van der Waals surface area contributed by atoms with Crippen molar-refractivity contribution in [2.24, 2.45) is 5.10 Å². The van der Waals surface area contributed by atoms with E-state index in [0.29, 0.717) is 11.7 Å². The van der Waals surface area contributed by atoms with Gasteiger partial charge in [-0.25, -0.2) is 0 Å². The van der Waals surface area contributed by atoms with Crippen molar-refractivity contribution in [2.75, 3.05) is 6.79 Å². The molecule has 23 heavy (non-hydrogen) atoms. The molecule has 1 aliphatic heterocycles. The molecule has 0 saturated heterocycles. The topological polar surface area (TPSA) is 54.9 Å². The molecule has 0 bridgehead atoms. The Kier molecular flexibility index (Phi) is 5.14. The fourth-order valence-corrected chi connectivity index (χ4v) is 3.42. The summed E-state index contributed by atoms with van der Waals surface area (Å²) in [6.45, 7) is 2.80. The number of rotatable bonds is 4. The second-order valence-corrected chi connectivity index (χ2v) is 7.65. The van der Waals surface area contributed by atoms with Crippen molar-refractivity contribution in [3.63, 3.8) is 0 Å². The fraction of sp³-hybridized carbons (Fsp3) is 0.200. The summed E-state index contributed by atoms with van der Waals surface area (Å²) in [5.41, 5.74) is 4.80. The molecule has 0 spiro atoms. The maximum absolute atomic E-state index is 5.35. The zero-order valence-corrected chi connectivity index (χ0v) is 15.5. The maximum atomic E-state index is 5.35. The van der Waals surface area contributed by atoms with Crippen molar-refractivity contribution in [2.45, 2.75) is 13.5 Å². The number of halogens is 1. The zero-order valence-electron chi connectivity index (χ0n) is 12.3. The number of thiophene rings is 1. The van der Waals surface area contributed by atoms with Gasteiger partial charge in [0, 0.05) is 6.54 Å². The minimum Gasteiger partial charge on any atom is -0.454 e. The Morgan fingerprint density at radius 1 is 1.30 bits per heavy atom. The number of fused-ring (bicyclic) bond motifs is 1. The predicted molar refractivity (Wildman–Crippen MR) is 99.4 cm³/mol. The lowest BCUT2D eigenvalue weighted by molar-refractivity contribution is 0.174. The Hall–Kier alpha value is -1.64. The van der Waals surface area contributed by atoms with E-state index in [1.54, 1.807) is 11.3 Å². The van der Waals surface area contributed by atoms with Crippen LogP contribution < -0.4 is 20.2 Å². The van der Waals surface area contributed by atoms with Crippen molar-refractivity contribution >= 4 is 50.3 Å². The van der Waals surface area contributed by atoms with Gasteiger partial charge in [-0.15, -0.1) is 11.3 Å². The average molecular weight is 412 g/mol. The summed E-state index contributed by atoms with van der Waals surface area (Å²) in [5.74, 6) is 1.54. The Labute approximate surface area is 151 Å². The molecule has 3 rings (SSSR count). The Morgan fingerprint density at radius 3 is 2.91 bits per heavy atom. The van der Waals surface area contributed by atoms with Gasteiger partial charge in [0.15, 0.2) is 16.6 Å². The third-order valence-corrected chi connectivity index (χ3v) is 5.11. The Bertz CT molecular complexity index is 761. The highest BCUT2D eigenvalue weighted by Crippen LogP contribution is 2.32. The SMILES string of the molecule is C/C(=N/NC(=S)NCc1ccc2c(c1)OCO2)c1ccc(Br)s1. The summed E-state index contributed by atoms with van der Waals surface area (Å²) in [6.07, 6.45) is 0. The minimum atomic E-state index is 0.277. The molecular weight excluding hydrogens is 398 g/mol. The minimum absolute atomic E-state index is 0.277. The van der Waals surface area contributed by atoms with Gasteiger partial charge in [0.2, 0.25) is 6.79 Å². The number of thiocarbonyl (C=S) groups is 1. The summed E-state index contributed by atoms with van der Waals surface area (Å²) in [6, 6.07) is 9.82. The molecule has 1 aromatic carbocycles. The smallest absolute Gasteiger partial charge is 0.231 e. The third-order valence-electron chi connectivity index (χ3n) is 3.14. The van der Waals surface area contributed by atoms with E-state index in [4.69, 9.17) is 21.7 Å². The van der Waals surface area contributed by atoms with Crippen molar-refractivity contribution < 1.29 is 9.47 Å². The van der Waals surface area contributed by atoms with Gasteiger partial charge in [-0.1, -0.05) is 6.07 Å². The van der Waals surface area contributed by atoms with Gasteiger partial charge in [-0.2, -0.15) is 5.10 Å². The van der Waals surface area contributed by atoms with E-state index in [1.165, 1.54) is 0 Å². The summed E-state index contributed by atoms with van der Waals surface area (Å²) >= 11 is 10.3. The summed E-state index contributed by atoms with van der Waals surface area (Å²) in [5, 5.41) is 7.87. The van der Waals surface area contributed by atoms with Gasteiger partial charge in [0.25, 0.3) is 0 Å². The second kappa shape index (κ2) is 7.29. The van der Waals surface area contributed by atoms with Crippen LogP contribution in [0.15, 0.2) is 39.2 Å². The number of ether oxygens (including phenoxy) is 2. The lowest BCUT2D eigenvalue weighted by Gasteiger charge is -2.08. The molecule has 0 fully saturated rings. The molecule has 2 N–H and O–H groups in total. The largest absolute Gasteiger partial charge is 0.454 e. The molecule has 0 amide bonds. The van der Waals surface area contributed by atoms with E-state index in [1.807, 2.05) is 37.3 Å². The van der Waals surface area contributed by atoms with Crippen LogP contribution in [0.3, 0.4) is 0 Å². The van der Waals surface area contributed by atoms with Gasteiger partial charge in [0.05, 0.1) is 14.4 Å². The number of hydrogen-bond donors (Lipinski definition) is 2. The summed E-state index contributed by atoms with van der Waals surface area (Å²) in [4.78, 5) is 1.09. The quantitative estimate of drug-likeness (QED) is 0.457. The molecule has 0 aliphatic carbocycles. The van der Waals surface area contributed by atoms with Crippen molar-refractivity contribution in [3.05, 3.63) is 44.6 Å². The van der Waals surface area contributed by atoms with E-state index < -0.39 is 0 Å². The third kappa shape index (κ3) is 4.21. The maximum Gasteiger partial charge on any atom is 0.231 e. The van der Waals surface area contributed by atoms with Crippen LogP contribution >= 0.6 is 39.5 Å². The molecule has 8 heteroatoms. The lowest BCUT2D eigenvalue weighted by atomic mass is 10.2. The highest BCUT2D eigenvalue weighted by molar-refractivity contribution is 9.11. The normalized spacial score (nSPS) is 13.0. The van der Waals surface area contributed by atoms with E-state index in [0.717, 1.165) is 31.4 Å². The first kappa shape index (κ1) is 16.2. The molecule has 0 saturated carbocycles. The van der Waals surface area contributed by atoms with Gasteiger partial charge in [0.1, 0.15) is 0 Å². The van der Waals surface area contributed by atoms with E-state index in [9.17, 15) is 0 Å². The monoisotopic (exact) mass is 411 g/mol. The number of nitrogens with one attached hydrogen (secondary N) is 2. The molecule has 2 aromatic rings. The molecular formula is C15H14BrN3O2S2. The Balaban J connectivity index is 1.51. The molecule has 120 valence electrons. The van der Waals surface area contributed by atoms with Gasteiger partial charge in [-0.05, 0) is 64.9 Å². The van der Waals surface area contributed by atoms with Crippen LogP contribution in [0.25, 0.3) is 0 Å². The number of hydrazone groups is 1. The van der Waals surface area contributed by atoms with Crippen LogP contribution in [-0.4, -0.2) is 17.6 Å². The first-order valence-corrected chi connectivity index (χ1v) is 8.86. The molecule has 0 unspecified atom stereocenters. The number of nitrogens with zero attached hydrogens (tertiary/aromatic N) is 1. The summed E-state index contributed by atoms with van der Waals surface area (Å²) < 4.78 is 11.7. The molecule has 0 radical (unpaired) electrons. The van der Waals surface area contributed by atoms with Crippen molar-refractivity contribution in [3.8, 4) is 11.5 Å². The highest BCUT2D eigenvalue weighted by atomic mass is 79.9. The standard InChI is InChI=1S/C15H14BrN3O2S2/c1-9(13-4-5-14(16)23-13)18-19-15(22)17-7-10-2-3-11-12(6-10)21-8-20-11/h2-6H,7-8H2,1H3,(H2,17,19,22)/b18-9-. The number of hydrogen-bond acceptors (Lipinski definition) is 5. The van der Waals surface area contributed by atoms with E-state index >= 15 is 0 Å². The van der Waals surface area contributed by atoms with Crippen LogP contribution in [0.2, 0.25) is 0 Å². The lowest BCUT2D eigenvalue weighted by Crippen LogP contribution is -2.32. The second-order valence-electron chi connectivity index (χ2n) is 4.78. The molecule has 2 heterocycles. The number of benzene rings is 1. The molecule has 0 atom stereocenters. The first-order valence-electron chi connectivity index (χ1n) is 6.84. The van der Waals surface area contributed by atoms with Crippen LogP contribution in [0, 0.1) is 0 Å². The predicted octanol–water partition coefficient (Wildman–Crippen LogP) is 3.63. The molecule has 1 aliphatic rings. The first-order chi connectivity index (χ1) is 11.1. The van der Waals surface area contributed by atoms with Gasteiger partial charge in [-0.3, -0.25) is 5.43 Å². The highest BCUT2D eigenvalue weighted by Gasteiger charge is 2.13. The molecule has 1 aromatic heterocycles. The summed E-state index contributed by atoms with van der Waals surface area (Å²) in [7, 11) is 0. The fourth-order valence-electron chi connectivity index (χ4n) is 1.97. The van der Waals surface area contributed by atoms with E-state index in [-0.39, 0.29) is 6.79 Å². The average Bonchev–Trinajstić information content (AvgIpc) is 3.18. The van der Waals surface area contributed by atoms with Crippen LogP contribution in [-0.2, 0) is 6.54 Å². The van der Waals surface area contributed by atoms with Crippen LogP contribution in [0.5, 0.6) is 11.5 Å². The zero-order chi connectivity index (χ0) is 16.2. The van der Waals surface area contributed by atoms with Crippen molar-refractivity contribution in [1.29, 1.82) is 0 Å². The Morgan fingerprint density at radius 2 is 2.13 bits per heavy atom. The van der Waals surface area contributed by atoms with Crippen LogP contribution in [0.1, 0.15) is 17.4 Å². The molecule has 5 nitrogen and oxygen atoms in total. The van der Waals surface area contributed by atoms with E-state index in [2.05, 4.69) is 31.8 Å². The van der Waals surface area contributed by atoms with Crippen molar-refractivity contribution in [1.82, 2.24) is 10.7 Å².